The summed E-state index contributed by atoms with van der Waals surface area (Å²) in [5.41, 5.74) is 0.559. The topological polar surface area (TPSA) is 69.6 Å². The van der Waals surface area contributed by atoms with Crippen LogP contribution in [0.15, 0.2) is 30.3 Å². The number of carboxylic acid groups (broad SMARTS) is 1. The number of urea groups is 1. The summed E-state index contributed by atoms with van der Waals surface area (Å²) in [5, 5.41) is 11.9. The highest BCUT2D eigenvalue weighted by molar-refractivity contribution is 7.98. The number of carboxylic acids is 1. The second-order valence-corrected chi connectivity index (χ2v) is 5.86. The zero-order chi connectivity index (χ0) is 15.8. The van der Waals surface area contributed by atoms with Crippen molar-refractivity contribution >= 4 is 23.8 Å². The molecule has 2 atom stereocenters. The number of thioether (sulfide) groups is 1. The van der Waals surface area contributed by atoms with Crippen molar-refractivity contribution in [2.45, 2.75) is 25.4 Å². The number of rotatable bonds is 7. The largest absolute Gasteiger partial charge is 0.479 e. The van der Waals surface area contributed by atoms with Gasteiger partial charge in [-0.2, -0.15) is 11.8 Å². The van der Waals surface area contributed by atoms with Crippen LogP contribution in [0, 0.1) is 0 Å². The van der Waals surface area contributed by atoms with Crippen molar-refractivity contribution in [1.29, 1.82) is 0 Å². The van der Waals surface area contributed by atoms with Crippen LogP contribution in [0.5, 0.6) is 0 Å². The van der Waals surface area contributed by atoms with E-state index in [0.717, 1.165) is 12.2 Å². The van der Waals surface area contributed by atoms with E-state index in [1.165, 1.54) is 0 Å². The van der Waals surface area contributed by atoms with Crippen molar-refractivity contribution in [2.24, 2.45) is 0 Å². The van der Waals surface area contributed by atoms with Crippen molar-refractivity contribution < 1.29 is 14.7 Å². The van der Waals surface area contributed by atoms with Gasteiger partial charge in [-0.05, 0) is 30.9 Å². The molecule has 5 nitrogen and oxygen atoms in total. The Hall–Kier alpha value is -1.69. The summed E-state index contributed by atoms with van der Waals surface area (Å²) in [6, 6.07) is 7.34. The number of amides is 2. The van der Waals surface area contributed by atoms with Gasteiger partial charge < -0.3 is 15.3 Å². The number of carbonyl (C=O) groups is 2. The Morgan fingerprint density at radius 3 is 2.48 bits per heavy atom. The van der Waals surface area contributed by atoms with Gasteiger partial charge in [0.25, 0.3) is 0 Å². The van der Waals surface area contributed by atoms with Gasteiger partial charge in [0.2, 0.25) is 0 Å². The second kappa shape index (κ2) is 8.56. The van der Waals surface area contributed by atoms with E-state index >= 15 is 0 Å². The molecule has 1 aromatic rings. The van der Waals surface area contributed by atoms with Crippen LogP contribution in [0.2, 0.25) is 0 Å². The molecule has 1 rings (SSSR count). The van der Waals surface area contributed by atoms with Crippen molar-refractivity contribution in [3.05, 3.63) is 35.9 Å². The number of hydrogen-bond acceptors (Lipinski definition) is 3. The van der Waals surface area contributed by atoms with Gasteiger partial charge in [-0.15, -0.1) is 0 Å². The molecule has 0 aliphatic carbocycles. The van der Waals surface area contributed by atoms with Gasteiger partial charge in [-0.3, -0.25) is 0 Å². The van der Waals surface area contributed by atoms with E-state index in [1.807, 2.05) is 13.2 Å². The number of benzene rings is 1. The van der Waals surface area contributed by atoms with E-state index in [1.54, 1.807) is 54.0 Å². The Balaban J connectivity index is 2.71. The maximum absolute atomic E-state index is 12.2. The molecule has 0 saturated carbocycles. The first kappa shape index (κ1) is 17.4. The summed E-state index contributed by atoms with van der Waals surface area (Å²) in [7, 11) is 1.68. The number of nitrogens with zero attached hydrogens (tertiary/aromatic N) is 1. The van der Waals surface area contributed by atoms with Gasteiger partial charge in [-0.25, -0.2) is 9.59 Å². The summed E-state index contributed by atoms with van der Waals surface area (Å²) >= 11 is 1.72. The molecule has 0 heterocycles. The SMILES string of the molecule is CSCCC(C)N(C)C(=O)N[C@H](C(=O)O)c1ccccc1. The summed E-state index contributed by atoms with van der Waals surface area (Å²) < 4.78 is 0. The lowest BCUT2D eigenvalue weighted by atomic mass is 10.1. The number of hydrogen-bond donors (Lipinski definition) is 2. The van der Waals surface area contributed by atoms with E-state index in [4.69, 9.17) is 0 Å². The van der Waals surface area contributed by atoms with E-state index in [-0.39, 0.29) is 12.1 Å². The lowest BCUT2D eigenvalue weighted by Crippen LogP contribution is -2.45. The first-order chi connectivity index (χ1) is 9.97. The monoisotopic (exact) mass is 310 g/mol. The van der Waals surface area contributed by atoms with Gasteiger partial charge in [0, 0.05) is 13.1 Å². The van der Waals surface area contributed by atoms with E-state index in [0.29, 0.717) is 5.56 Å². The van der Waals surface area contributed by atoms with Crippen LogP contribution >= 0.6 is 11.8 Å². The Kier molecular flexibility index (Phi) is 7.08. The Bertz CT molecular complexity index is 467. The van der Waals surface area contributed by atoms with Crippen LogP contribution < -0.4 is 5.32 Å². The smallest absolute Gasteiger partial charge is 0.330 e. The highest BCUT2D eigenvalue weighted by Gasteiger charge is 2.24. The lowest BCUT2D eigenvalue weighted by molar-refractivity contribution is -0.139. The summed E-state index contributed by atoms with van der Waals surface area (Å²) in [4.78, 5) is 25.1. The first-order valence-corrected chi connectivity index (χ1v) is 8.16. The Morgan fingerprint density at radius 1 is 1.33 bits per heavy atom. The van der Waals surface area contributed by atoms with Gasteiger partial charge in [-0.1, -0.05) is 30.3 Å². The summed E-state index contributed by atoms with van der Waals surface area (Å²) in [6.07, 6.45) is 2.89. The van der Waals surface area contributed by atoms with Crippen LogP contribution in [0.1, 0.15) is 24.9 Å². The van der Waals surface area contributed by atoms with E-state index in [9.17, 15) is 14.7 Å². The van der Waals surface area contributed by atoms with Crippen molar-refractivity contribution in [2.75, 3.05) is 19.1 Å². The fourth-order valence-electron chi connectivity index (χ4n) is 1.84. The zero-order valence-corrected chi connectivity index (χ0v) is 13.4. The number of carbonyl (C=O) groups excluding carboxylic acids is 1. The van der Waals surface area contributed by atoms with Crippen LogP contribution in [-0.4, -0.2) is 47.1 Å². The molecule has 0 spiro atoms. The summed E-state index contributed by atoms with van der Waals surface area (Å²) in [6.45, 7) is 1.95. The molecule has 1 unspecified atom stereocenters. The number of aliphatic carboxylic acids is 1. The fraction of sp³-hybridized carbons (Fsp3) is 0.467. The molecule has 2 amide bonds. The van der Waals surface area contributed by atoms with Crippen LogP contribution in [0.4, 0.5) is 4.79 Å². The molecular weight excluding hydrogens is 288 g/mol. The molecule has 0 bridgehead atoms. The first-order valence-electron chi connectivity index (χ1n) is 6.77. The van der Waals surface area contributed by atoms with E-state index in [2.05, 4.69) is 5.32 Å². The third-order valence-corrected chi connectivity index (χ3v) is 4.01. The minimum absolute atomic E-state index is 0.0580. The predicted molar refractivity (Wildman–Crippen MR) is 85.6 cm³/mol. The maximum atomic E-state index is 12.2. The van der Waals surface area contributed by atoms with Crippen molar-refractivity contribution in [3.63, 3.8) is 0 Å². The van der Waals surface area contributed by atoms with Crippen LogP contribution in [0.3, 0.4) is 0 Å². The highest BCUT2D eigenvalue weighted by Crippen LogP contribution is 2.14. The molecule has 2 N–H and O–H groups in total. The van der Waals surface area contributed by atoms with Gasteiger partial charge in [0.1, 0.15) is 0 Å². The van der Waals surface area contributed by atoms with E-state index < -0.39 is 12.0 Å². The van der Waals surface area contributed by atoms with Crippen LogP contribution in [0.25, 0.3) is 0 Å². The predicted octanol–water partition coefficient (Wildman–Crippen LogP) is 2.60. The zero-order valence-electron chi connectivity index (χ0n) is 12.6. The molecule has 0 aliphatic heterocycles. The van der Waals surface area contributed by atoms with Gasteiger partial charge in [0.05, 0.1) is 0 Å². The second-order valence-electron chi connectivity index (χ2n) is 4.87. The third-order valence-electron chi connectivity index (χ3n) is 3.37. The molecule has 6 heteroatoms. The molecule has 0 aliphatic rings. The Morgan fingerprint density at radius 2 is 1.95 bits per heavy atom. The number of nitrogens with one attached hydrogen (secondary N) is 1. The average molecular weight is 310 g/mol. The highest BCUT2D eigenvalue weighted by atomic mass is 32.2. The van der Waals surface area contributed by atoms with Crippen molar-refractivity contribution in [1.82, 2.24) is 10.2 Å². The quantitative estimate of drug-likeness (QED) is 0.812. The fourth-order valence-corrected chi connectivity index (χ4v) is 2.42. The molecule has 0 saturated heterocycles. The molecule has 1 aromatic carbocycles. The standard InChI is InChI=1S/C15H22N2O3S/c1-11(9-10-21-3)17(2)15(20)16-13(14(18)19)12-7-5-4-6-8-12/h4-8,11,13H,9-10H2,1-3H3,(H,16,20)(H,18,19)/t11?,13-/m0/s1. The molecule has 0 aromatic heterocycles. The normalized spacial score (nSPS) is 13.3. The van der Waals surface area contributed by atoms with Crippen LogP contribution in [-0.2, 0) is 4.79 Å². The third kappa shape index (κ3) is 5.30. The average Bonchev–Trinajstić information content (AvgIpc) is 2.49. The minimum atomic E-state index is -1.07. The minimum Gasteiger partial charge on any atom is -0.479 e. The van der Waals surface area contributed by atoms with Gasteiger partial charge in [0.15, 0.2) is 6.04 Å². The lowest BCUT2D eigenvalue weighted by Gasteiger charge is -2.27. The molecule has 116 valence electrons. The maximum Gasteiger partial charge on any atom is 0.330 e. The Labute approximate surface area is 129 Å². The van der Waals surface area contributed by atoms with Gasteiger partial charge >= 0.3 is 12.0 Å². The summed E-state index contributed by atoms with van der Waals surface area (Å²) in [5.74, 6) is -0.112. The molecule has 0 radical (unpaired) electrons. The molecule has 0 fully saturated rings. The van der Waals surface area contributed by atoms with Crippen molar-refractivity contribution in [3.8, 4) is 0 Å². The molecule has 21 heavy (non-hydrogen) atoms. The molecular formula is C15H22N2O3S.